The van der Waals surface area contributed by atoms with E-state index in [4.69, 9.17) is 0 Å². The zero-order valence-corrected chi connectivity index (χ0v) is 33.2. The number of hydrogen-bond acceptors (Lipinski definition) is 6. The summed E-state index contributed by atoms with van der Waals surface area (Å²) in [6, 6.07) is 0. The number of hydrogen-bond donors (Lipinski definition) is 6. The second-order valence-electron chi connectivity index (χ2n) is 17.3. The normalized spacial score (nSPS) is 19.3. The molecule has 0 aromatic rings. The fourth-order valence-electron chi connectivity index (χ4n) is 8.00. The average Bonchev–Trinajstić information content (AvgIpc) is 3.07. The van der Waals surface area contributed by atoms with Gasteiger partial charge in [-0.1, -0.05) is 120 Å². The maximum atomic E-state index is 12.2. The Hall–Kier alpha value is -0.240. The van der Waals surface area contributed by atoms with Crippen LogP contribution in [-0.4, -0.2) is 69.3 Å². The highest BCUT2D eigenvalue weighted by Crippen LogP contribution is 2.49. The molecule has 0 aliphatic heterocycles. The van der Waals surface area contributed by atoms with Crippen LogP contribution in [0.15, 0.2) is 0 Å². The molecule has 0 amide bonds. The number of unbranched alkanes of at least 4 members (excludes halogenated alkanes) is 4. The molecular weight excluding hydrogens is 600 g/mol. The summed E-state index contributed by atoms with van der Waals surface area (Å²) in [4.78, 5) is 0. The Balaban J connectivity index is 6.52. The predicted octanol–water partition coefficient (Wildman–Crippen LogP) is 9.16. The smallest absolute Gasteiger partial charge is 0.0596 e. The summed E-state index contributed by atoms with van der Waals surface area (Å²) in [6.45, 7) is 18.4. The van der Waals surface area contributed by atoms with Crippen LogP contribution in [0.3, 0.4) is 0 Å². The third kappa shape index (κ3) is 20.6. The fourth-order valence-corrected chi connectivity index (χ4v) is 8.00. The van der Waals surface area contributed by atoms with E-state index in [9.17, 15) is 30.6 Å². The van der Waals surface area contributed by atoms with E-state index in [1.807, 2.05) is 0 Å². The zero-order valence-electron chi connectivity index (χ0n) is 33.2. The maximum Gasteiger partial charge on any atom is 0.0596 e. The first kappa shape index (κ1) is 47.8. The molecule has 10 atom stereocenters. The van der Waals surface area contributed by atoms with Crippen molar-refractivity contribution in [2.75, 3.05) is 26.4 Å². The van der Waals surface area contributed by atoms with Gasteiger partial charge in [0.25, 0.3) is 0 Å². The standard InChI is InChI=1S/C42H86O6/c1-32(2)18-17-25-40(47)37(7)38(23-12-9-19-33(3)28-43)39(24-13-10-20-34(4)29-44)42(8,27-16-15-22-36(6)31-46)41(48)26-14-11-21-35(5)30-45/h32-41,43-48H,9-31H2,1-8H3. The highest BCUT2D eigenvalue weighted by molar-refractivity contribution is 4.95. The average molecular weight is 687 g/mol. The first-order chi connectivity index (χ1) is 22.8. The van der Waals surface area contributed by atoms with Gasteiger partial charge in [0.15, 0.2) is 0 Å². The number of rotatable bonds is 33. The molecule has 6 N–H and O–H groups in total. The Kier molecular flexibility index (Phi) is 28.2. The Bertz CT molecular complexity index is 718. The van der Waals surface area contributed by atoms with Gasteiger partial charge < -0.3 is 30.6 Å². The van der Waals surface area contributed by atoms with Crippen molar-refractivity contribution in [3.05, 3.63) is 0 Å². The highest BCUT2D eigenvalue weighted by Gasteiger charge is 2.45. The van der Waals surface area contributed by atoms with Gasteiger partial charge >= 0.3 is 0 Å². The molecule has 0 aliphatic rings. The van der Waals surface area contributed by atoms with E-state index in [1.54, 1.807) is 0 Å². The minimum absolute atomic E-state index is 0.125. The van der Waals surface area contributed by atoms with Crippen LogP contribution < -0.4 is 0 Å². The summed E-state index contributed by atoms with van der Waals surface area (Å²) in [5.41, 5.74) is -0.303. The van der Waals surface area contributed by atoms with Crippen LogP contribution >= 0.6 is 0 Å². The third-order valence-electron chi connectivity index (χ3n) is 12.0. The molecule has 0 aliphatic carbocycles. The van der Waals surface area contributed by atoms with Gasteiger partial charge in [-0.05, 0) is 111 Å². The fraction of sp³-hybridized carbons (Fsp3) is 1.00. The lowest BCUT2D eigenvalue weighted by atomic mass is 9.58. The molecule has 0 aromatic carbocycles. The van der Waals surface area contributed by atoms with E-state index in [2.05, 4.69) is 55.4 Å². The summed E-state index contributed by atoms with van der Waals surface area (Å²) >= 11 is 0. The van der Waals surface area contributed by atoms with Crippen molar-refractivity contribution in [2.45, 2.75) is 190 Å². The van der Waals surface area contributed by atoms with Crippen LogP contribution in [0.5, 0.6) is 0 Å². The Morgan fingerprint density at radius 1 is 0.438 bits per heavy atom. The van der Waals surface area contributed by atoms with Crippen molar-refractivity contribution in [3.8, 4) is 0 Å². The molecule has 0 radical (unpaired) electrons. The van der Waals surface area contributed by atoms with Gasteiger partial charge in [0.2, 0.25) is 0 Å². The molecule has 290 valence electrons. The molecular formula is C42H86O6. The molecule has 0 saturated carbocycles. The minimum atomic E-state index is -0.444. The van der Waals surface area contributed by atoms with Crippen LogP contribution in [0.4, 0.5) is 0 Å². The number of aliphatic hydroxyl groups excluding tert-OH is 6. The SMILES string of the molecule is CC(C)CCCC(O)C(C)C(CCCCC(C)CO)C(CCCCC(C)CO)C(C)(CCCCC(C)CO)C(O)CCCCC(C)CO. The van der Waals surface area contributed by atoms with Crippen LogP contribution in [-0.2, 0) is 0 Å². The highest BCUT2D eigenvalue weighted by atomic mass is 16.3. The molecule has 0 heterocycles. The van der Waals surface area contributed by atoms with Crippen molar-refractivity contribution in [2.24, 2.45) is 52.8 Å². The van der Waals surface area contributed by atoms with Crippen LogP contribution in [0.25, 0.3) is 0 Å². The lowest BCUT2D eigenvalue weighted by Gasteiger charge is -2.48. The first-order valence-corrected chi connectivity index (χ1v) is 20.6. The topological polar surface area (TPSA) is 121 Å². The van der Waals surface area contributed by atoms with Gasteiger partial charge in [0, 0.05) is 26.4 Å². The largest absolute Gasteiger partial charge is 0.396 e. The summed E-state index contributed by atoms with van der Waals surface area (Å²) in [5, 5.41) is 62.4. The molecule has 0 fully saturated rings. The Morgan fingerprint density at radius 3 is 1.27 bits per heavy atom. The van der Waals surface area contributed by atoms with Gasteiger partial charge in [-0.25, -0.2) is 0 Å². The second-order valence-corrected chi connectivity index (χ2v) is 17.3. The lowest BCUT2D eigenvalue weighted by molar-refractivity contribution is -0.0708. The lowest BCUT2D eigenvalue weighted by Crippen LogP contribution is -2.46. The van der Waals surface area contributed by atoms with Crippen LogP contribution in [0.1, 0.15) is 177 Å². The van der Waals surface area contributed by atoms with Gasteiger partial charge in [-0.3, -0.25) is 0 Å². The van der Waals surface area contributed by atoms with Crippen molar-refractivity contribution in [1.29, 1.82) is 0 Å². The monoisotopic (exact) mass is 687 g/mol. The molecule has 0 rings (SSSR count). The van der Waals surface area contributed by atoms with Crippen molar-refractivity contribution < 1.29 is 30.6 Å². The molecule has 48 heavy (non-hydrogen) atoms. The molecule has 0 saturated heterocycles. The summed E-state index contributed by atoms with van der Waals surface area (Å²) in [7, 11) is 0. The molecule has 6 heteroatoms. The van der Waals surface area contributed by atoms with Crippen molar-refractivity contribution in [3.63, 3.8) is 0 Å². The van der Waals surface area contributed by atoms with Crippen LogP contribution in [0, 0.1) is 52.8 Å². The molecule has 0 bridgehead atoms. The van der Waals surface area contributed by atoms with Crippen molar-refractivity contribution >= 4 is 0 Å². The van der Waals surface area contributed by atoms with Gasteiger partial charge in [0.05, 0.1) is 12.2 Å². The van der Waals surface area contributed by atoms with Gasteiger partial charge in [-0.2, -0.15) is 0 Å². The van der Waals surface area contributed by atoms with Crippen LogP contribution in [0.2, 0.25) is 0 Å². The van der Waals surface area contributed by atoms with E-state index in [-0.39, 0.29) is 67.5 Å². The molecule has 6 nitrogen and oxygen atoms in total. The summed E-state index contributed by atoms with van der Waals surface area (Å²) in [6.07, 6.45) is 18.1. The second kappa shape index (κ2) is 28.4. The maximum absolute atomic E-state index is 12.2. The van der Waals surface area contributed by atoms with E-state index in [0.717, 1.165) is 122 Å². The number of aliphatic hydroxyl groups is 6. The van der Waals surface area contributed by atoms with Crippen molar-refractivity contribution in [1.82, 2.24) is 0 Å². The van der Waals surface area contributed by atoms with E-state index in [1.165, 1.54) is 0 Å². The van der Waals surface area contributed by atoms with Gasteiger partial charge in [-0.15, -0.1) is 0 Å². The van der Waals surface area contributed by atoms with E-state index >= 15 is 0 Å². The quantitative estimate of drug-likeness (QED) is 0.0383. The minimum Gasteiger partial charge on any atom is -0.396 e. The Labute approximate surface area is 298 Å². The van der Waals surface area contributed by atoms with Gasteiger partial charge in [0.1, 0.15) is 0 Å². The summed E-state index contributed by atoms with van der Waals surface area (Å²) < 4.78 is 0. The third-order valence-corrected chi connectivity index (χ3v) is 12.0. The van der Waals surface area contributed by atoms with E-state index in [0.29, 0.717) is 17.8 Å². The molecule has 0 spiro atoms. The predicted molar refractivity (Wildman–Crippen MR) is 204 cm³/mol. The first-order valence-electron chi connectivity index (χ1n) is 20.6. The molecule has 0 aromatic heterocycles. The summed E-state index contributed by atoms with van der Waals surface area (Å²) in [5.74, 6) is 2.45. The molecule has 10 unspecified atom stereocenters. The zero-order chi connectivity index (χ0) is 36.5. The Morgan fingerprint density at radius 2 is 0.833 bits per heavy atom. The van der Waals surface area contributed by atoms with E-state index < -0.39 is 6.10 Å².